The fourth-order valence-electron chi connectivity index (χ4n) is 2.68. The number of sulfonamides is 1. The Morgan fingerprint density at radius 3 is 2.54 bits per heavy atom. The second-order valence-corrected chi connectivity index (χ2v) is 7.35. The van der Waals surface area contributed by atoms with Gasteiger partial charge in [-0.3, -0.25) is 4.72 Å². The van der Waals surface area contributed by atoms with Crippen LogP contribution < -0.4 is 9.62 Å². The van der Waals surface area contributed by atoms with E-state index in [1.54, 1.807) is 24.3 Å². The summed E-state index contributed by atoms with van der Waals surface area (Å²) in [5.74, 6) is -2.53. The van der Waals surface area contributed by atoms with Gasteiger partial charge in [0.25, 0.3) is 10.0 Å². The van der Waals surface area contributed by atoms with Gasteiger partial charge < -0.3 is 14.7 Å². The van der Waals surface area contributed by atoms with Gasteiger partial charge in [-0.25, -0.2) is 17.6 Å². The van der Waals surface area contributed by atoms with Gasteiger partial charge in [-0.15, -0.1) is 0 Å². The lowest BCUT2D eigenvalue weighted by Gasteiger charge is -2.30. The number of hydrogen-bond acceptors (Lipinski definition) is 5. The third-order valence-electron chi connectivity index (χ3n) is 3.98. The Labute approximate surface area is 150 Å². The minimum Gasteiger partial charge on any atom is -0.478 e. The van der Waals surface area contributed by atoms with Crippen LogP contribution >= 0.6 is 0 Å². The summed E-state index contributed by atoms with van der Waals surface area (Å²) < 4.78 is 46.6. The summed E-state index contributed by atoms with van der Waals surface area (Å²) >= 11 is 0. The van der Waals surface area contributed by atoms with E-state index in [-0.39, 0.29) is 4.90 Å². The highest BCUT2D eigenvalue weighted by Crippen LogP contribution is 2.29. The highest BCUT2D eigenvalue weighted by atomic mass is 32.2. The molecule has 0 aliphatic carbocycles. The zero-order valence-corrected chi connectivity index (χ0v) is 14.5. The highest BCUT2D eigenvalue weighted by molar-refractivity contribution is 7.92. The molecule has 2 aromatic carbocycles. The van der Waals surface area contributed by atoms with Crippen molar-refractivity contribution in [1.82, 2.24) is 0 Å². The number of rotatable bonds is 5. The normalized spacial score (nSPS) is 14.9. The first-order valence-corrected chi connectivity index (χ1v) is 9.34. The maximum Gasteiger partial charge on any atom is 0.338 e. The summed E-state index contributed by atoms with van der Waals surface area (Å²) in [6.07, 6.45) is 0. The van der Waals surface area contributed by atoms with Gasteiger partial charge >= 0.3 is 5.97 Å². The molecule has 26 heavy (non-hydrogen) atoms. The molecule has 138 valence electrons. The number of carboxylic acids is 1. The molecule has 1 fully saturated rings. The maximum absolute atomic E-state index is 13.5. The van der Waals surface area contributed by atoms with Gasteiger partial charge in [-0.2, -0.15) is 0 Å². The molecule has 9 heteroatoms. The number of anilines is 2. The fourth-order valence-corrected chi connectivity index (χ4v) is 3.78. The van der Waals surface area contributed by atoms with E-state index in [0.717, 1.165) is 18.2 Å². The van der Waals surface area contributed by atoms with Crippen LogP contribution in [0.4, 0.5) is 15.8 Å². The zero-order chi connectivity index (χ0) is 18.7. The lowest BCUT2D eigenvalue weighted by Crippen LogP contribution is -2.36. The number of aromatic carboxylic acids is 1. The van der Waals surface area contributed by atoms with Crippen molar-refractivity contribution in [3.63, 3.8) is 0 Å². The minimum absolute atomic E-state index is 0.326. The molecule has 1 aliphatic rings. The van der Waals surface area contributed by atoms with Crippen molar-refractivity contribution in [2.45, 2.75) is 4.90 Å². The van der Waals surface area contributed by atoms with E-state index in [2.05, 4.69) is 4.72 Å². The van der Waals surface area contributed by atoms with Gasteiger partial charge in [-0.1, -0.05) is 12.1 Å². The smallest absolute Gasteiger partial charge is 0.338 e. The van der Waals surface area contributed by atoms with E-state index in [0.29, 0.717) is 37.7 Å². The van der Waals surface area contributed by atoms with E-state index < -0.39 is 27.4 Å². The summed E-state index contributed by atoms with van der Waals surface area (Å²) in [6, 6.07) is 9.54. The number of nitrogens with zero attached hydrogens (tertiary/aromatic N) is 1. The molecule has 0 amide bonds. The van der Waals surface area contributed by atoms with Crippen LogP contribution in [-0.2, 0) is 14.8 Å². The van der Waals surface area contributed by atoms with Crippen molar-refractivity contribution in [2.75, 3.05) is 35.9 Å². The van der Waals surface area contributed by atoms with Gasteiger partial charge in [-0.05, 0) is 30.3 Å². The second kappa shape index (κ2) is 7.30. The monoisotopic (exact) mass is 380 g/mol. The average molecular weight is 380 g/mol. The third-order valence-corrected chi connectivity index (χ3v) is 5.34. The van der Waals surface area contributed by atoms with Crippen LogP contribution in [-0.4, -0.2) is 45.8 Å². The molecule has 1 saturated heterocycles. The quantitative estimate of drug-likeness (QED) is 0.825. The standard InChI is InChI=1S/C17H17FN2O5S/c18-14-6-5-12(11-13(14)17(21)22)26(23,24)19-15-3-1-2-4-16(15)20-7-9-25-10-8-20/h1-6,11,19H,7-10H2,(H,21,22). The Bertz CT molecular complexity index is 927. The van der Waals surface area contributed by atoms with Crippen molar-refractivity contribution in [2.24, 2.45) is 0 Å². The molecule has 2 aromatic rings. The van der Waals surface area contributed by atoms with Crippen LogP contribution in [0.3, 0.4) is 0 Å². The molecular formula is C17H17FN2O5S. The Morgan fingerprint density at radius 1 is 1.15 bits per heavy atom. The average Bonchev–Trinajstić information content (AvgIpc) is 2.62. The van der Waals surface area contributed by atoms with Crippen molar-refractivity contribution < 1.29 is 27.4 Å². The van der Waals surface area contributed by atoms with Gasteiger partial charge in [0, 0.05) is 13.1 Å². The zero-order valence-electron chi connectivity index (χ0n) is 13.7. The van der Waals surface area contributed by atoms with Gasteiger partial charge in [0.1, 0.15) is 5.82 Å². The van der Waals surface area contributed by atoms with Crippen LogP contribution in [0.15, 0.2) is 47.4 Å². The molecule has 0 aromatic heterocycles. The van der Waals surface area contributed by atoms with E-state index in [1.807, 2.05) is 4.90 Å². The SMILES string of the molecule is O=C(O)c1cc(S(=O)(=O)Nc2ccccc2N2CCOCC2)ccc1F. The Hall–Kier alpha value is -2.65. The lowest BCUT2D eigenvalue weighted by atomic mass is 10.2. The summed E-state index contributed by atoms with van der Waals surface area (Å²) in [5, 5.41) is 8.99. The number of carbonyl (C=O) groups is 1. The molecule has 0 radical (unpaired) electrons. The Balaban J connectivity index is 1.93. The molecule has 7 nitrogen and oxygen atoms in total. The number of carboxylic acid groups (broad SMARTS) is 1. The van der Waals surface area contributed by atoms with Gasteiger partial charge in [0.15, 0.2) is 0 Å². The number of para-hydroxylation sites is 2. The largest absolute Gasteiger partial charge is 0.478 e. The predicted octanol–water partition coefficient (Wildman–Crippen LogP) is 2.16. The molecule has 1 heterocycles. The number of ether oxygens (including phenoxy) is 1. The molecule has 0 saturated carbocycles. The van der Waals surface area contributed by atoms with E-state index >= 15 is 0 Å². The minimum atomic E-state index is -4.09. The van der Waals surface area contributed by atoms with E-state index in [4.69, 9.17) is 9.84 Å². The number of hydrogen-bond donors (Lipinski definition) is 2. The number of halogens is 1. The van der Waals surface area contributed by atoms with Gasteiger partial charge in [0.2, 0.25) is 0 Å². The Kier molecular flexibility index (Phi) is 5.10. The van der Waals surface area contributed by atoms with Crippen LogP contribution in [0.5, 0.6) is 0 Å². The van der Waals surface area contributed by atoms with Crippen molar-refractivity contribution in [3.05, 3.63) is 53.8 Å². The van der Waals surface area contributed by atoms with Crippen LogP contribution in [0.25, 0.3) is 0 Å². The van der Waals surface area contributed by atoms with Crippen molar-refractivity contribution >= 4 is 27.4 Å². The molecule has 3 rings (SSSR count). The number of morpholine rings is 1. The molecule has 2 N–H and O–H groups in total. The number of benzene rings is 2. The lowest BCUT2D eigenvalue weighted by molar-refractivity contribution is 0.0691. The predicted molar refractivity (Wildman–Crippen MR) is 93.6 cm³/mol. The Morgan fingerprint density at radius 2 is 1.85 bits per heavy atom. The summed E-state index contributed by atoms with van der Waals surface area (Å²) in [7, 11) is -4.09. The summed E-state index contributed by atoms with van der Waals surface area (Å²) in [5.41, 5.74) is 0.352. The molecule has 0 spiro atoms. The second-order valence-electron chi connectivity index (χ2n) is 5.67. The fraction of sp³-hybridized carbons (Fsp3) is 0.235. The first-order valence-electron chi connectivity index (χ1n) is 7.86. The highest BCUT2D eigenvalue weighted by Gasteiger charge is 2.22. The summed E-state index contributed by atoms with van der Waals surface area (Å²) in [4.78, 5) is 12.7. The van der Waals surface area contributed by atoms with Crippen LogP contribution in [0.2, 0.25) is 0 Å². The topological polar surface area (TPSA) is 95.9 Å². The maximum atomic E-state index is 13.5. The molecule has 0 unspecified atom stereocenters. The first-order chi connectivity index (χ1) is 12.4. The molecule has 1 aliphatic heterocycles. The summed E-state index contributed by atoms with van der Waals surface area (Å²) in [6.45, 7) is 2.33. The van der Waals surface area contributed by atoms with E-state index in [9.17, 15) is 17.6 Å². The van der Waals surface area contributed by atoms with Gasteiger partial charge in [0.05, 0.1) is 35.0 Å². The molecule has 0 atom stereocenters. The van der Waals surface area contributed by atoms with E-state index in [1.165, 1.54) is 0 Å². The van der Waals surface area contributed by atoms with Crippen LogP contribution in [0.1, 0.15) is 10.4 Å². The molecular weight excluding hydrogens is 363 g/mol. The van der Waals surface area contributed by atoms with Crippen molar-refractivity contribution in [1.29, 1.82) is 0 Å². The van der Waals surface area contributed by atoms with Crippen LogP contribution in [0, 0.1) is 5.82 Å². The molecule has 0 bridgehead atoms. The number of nitrogens with one attached hydrogen (secondary N) is 1. The first kappa shape index (κ1) is 18.2. The van der Waals surface area contributed by atoms with Crippen molar-refractivity contribution in [3.8, 4) is 0 Å². The third kappa shape index (κ3) is 3.78.